The van der Waals surface area contributed by atoms with Gasteiger partial charge >= 0.3 is 6.18 Å². The molecule has 0 saturated carbocycles. The van der Waals surface area contributed by atoms with Crippen LogP contribution in [0.2, 0.25) is 0 Å². The first kappa shape index (κ1) is 14.0. The summed E-state index contributed by atoms with van der Waals surface area (Å²) in [6, 6.07) is 4.97. The fourth-order valence-corrected chi connectivity index (χ4v) is 1.55. The van der Waals surface area contributed by atoms with E-state index in [0.29, 0.717) is 11.4 Å². The molecule has 2 aromatic rings. The van der Waals surface area contributed by atoms with E-state index in [0.717, 1.165) is 0 Å². The fraction of sp³-hybridized carbons (Fsp3) is 0.250. The first-order valence-corrected chi connectivity index (χ1v) is 5.72. The molecule has 20 heavy (non-hydrogen) atoms. The summed E-state index contributed by atoms with van der Waals surface area (Å²) >= 11 is 0. The second kappa shape index (κ2) is 5.72. The van der Waals surface area contributed by atoms with Crippen LogP contribution in [0.4, 0.5) is 13.2 Å². The van der Waals surface area contributed by atoms with Gasteiger partial charge in [0.2, 0.25) is 5.91 Å². The lowest BCUT2D eigenvalue weighted by molar-refractivity contribution is -0.153. The number of amides is 1. The van der Waals surface area contributed by atoms with Crippen LogP contribution in [-0.4, -0.2) is 26.8 Å². The SMILES string of the molecule is O=C(CC(F)(F)F)NCc1ccnc(-n2cccn2)c1. The van der Waals surface area contributed by atoms with Crippen molar-refractivity contribution in [2.45, 2.75) is 19.1 Å². The van der Waals surface area contributed by atoms with E-state index in [1.807, 2.05) is 0 Å². The molecule has 2 heterocycles. The lowest BCUT2D eigenvalue weighted by Gasteiger charge is -2.08. The fourth-order valence-electron chi connectivity index (χ4n) is 1.55. The molecular formula is C12H11F3N4O. The lowest BCUT2D eigenvalue weighted by atomic mass is 10.2. The predicted octanol–water partition coefficient (Wildman–Crippen LogP) is 1.84. The van der Waals surface area contributed by atoms with Crippen LogP contribution < -0.4 is 5.32 Å². The number of aromatic nitrogens is 3. The number of hydrogen-bond donors (Lipinski definition) is 1. The summed E-state index contributed by atoms with van der Waals surface area (Å²) in [7, 11) is 0. The molecule has 106 valence electrons. The van der Waals surface area contributed by atoms with Crippen molar-refractivity contribution in [1.82, 2.24) is 20.1 Å². The van der Waals surface area contributed by atoms with Crippen molar-refractivity contribution in [3.8, 4) is 5.82 Å². The second-order valence-corrected chi connectivity index (χ2v) is 4.04. The van der Waals surface area contributed by atoms with Crippen molar-refractivity contribution >= 4 is 5.91 Å². The zero-order valence-electron chi connectivity index (χ0n) is 10.3. The third-order valence-electron chi connectivity index (χ3n) is 2.40. The number of carbonyl (C=O) groups excluding carboxylic acids is 1. The van der Waals surface area contributed by atoms with Crippen LogP contribution in [0.3, 0.4) is 0 Å². The molecule has 2 aromatic heterocycles. The van der Waals surface area contributed by atoms with Gasteiger partial charge in [-0.05, 0) is 23.8 Å². The molecule has 1 amide bonds. The van der Waals surface area contributed by atoms with Gasteiger partial charge in [0.15, 0.2) is 5.82 Å². The number of alkyl halides is 3. The Bertz CT molecular complexity index is 581. The Balaban J connectivity index is 1.97. The van der Waals surface area contributed by atoms with Crippen molar-refractivity contribution in [3.63, 3.8) is 0 Å². The number of nitrogens with zero attached hydrogens (tertiary/aromatic N) is 3. The Morgan fingerprint density at radius 2 is 2.15 bits per heavy atom. The van der Waals surface area contributed by atoms with Crippen LogP contribution in [0, 0.1) is 0 Å². The molecule has 5 nitrogen and oxygen atoms in total. The highest BCUT2D eigenvalue weighted by atomic mass is 19.4. The molecule has 0 aromatic carbocycles. The maximum Gasteiger partial charge on any atom is 0.397 e. The maximum absolute atomic E-state index is 12.0. The van der Waals surface area contributed by atoms with Crippen molar-refractivity contribution in [3.05, 3.63) is 42.4 Å². The van der Waals surface area contributed by atoms with Crippen molar-refractivity contribution in [2.75, 3.05) is 0 Å². The number of carbonyl (C=O) groups is 1. The number of hydrogen-bond acceptors (Lipinski definition) is 3. The number of halogens is 3. The molecule has 0 fully saturated rings. The van der Waals surface area contributed by atoms with Crippen LogP contribution in [0.15, 0.2) is 36.8 Å². The highest BCUT2D eigenvalue weighted by molar-refractivity contribution is 5.76. The summed E-state index contributed by atoms with van der Waals surface area (Å²) in [5, 5.41) is 6.20. The Labute approximate surface area is 112 Å². The zero-order chi connectivity index (χ0) is 14.6. The summed E-state index contributed by atoms with van der Waals surface area (Å²) in [5.41, 5.74) is 0.640. The molecule has 0 atom stereocenters. The van der Waals surface area contributed by atoms with Gasteiger partial charge in [-0.3, -0.25) is 4.79 Å². The third kappa shape index (κ3) is 4.08. The van der Waals surface area contributed by atoms with Gasteiger partial charge in [-0.2, -0.15) is 18.3 Å². The minimum absolute atomic E-state index is 0.00566. The van der Waals surface area contributed by atoms with E-state index in [1.165, 1.54) is 10.9 Å². The summed E-state index contributed by atoms with van der Waals surface area (Å²) in [5.74, 6) is -0.535. The van der Waals surface area contributed by atoms with E-state index in [4.69, 9.17) is 0 Å². The normalized spacial score (nSPS) is 11.3. The molecule has 2 rings (SSSR count). The Morgan fingerprint density at radius 3 is 2.80 bits per heavy atom. The summed E-state index contributed by atoms with van der Waals surface area (Å²) in [6.45, 7) is 0.00566. The summed E-state index contributed by atoms with van der Waals surface area (Å²) in [6.07, 6.45) is -1.21. The van der Waals surface area contributed by atoms with Gasteiger partial charge in [0, 0.05) is 25.1 Å². The van der Waals surface area contributed by atoms with E-state index < -0.39 is 18.5 Å². The molecule has 0 aliphatic heterocycles. The van der Waals surface area contributed by atoms with Crippen LogP contribution >= 0.6 is 0 Å². The average Bonchev–Trinajstić information content (AvgIpc) is 2.88. The van der Waals surface area contributed by atoms with Gasteiger partial charge in [-0.25, -0.2) is 9.67 Å². The largest absolute Gasteiger partial charge is 0.397 e. The Hall–Kier alpha value is -2.38. The first-order chi connectivity index (χ1) is 9.44. The van der Waals surface area contributed by atoms with E-state index in [1.54, 1.807) is 30.6 Å². The highest BCUT2D eigenvalue weighted by Crippen LogP contribution is 2.19. The predicted molar refractivity (Wildman–Crippen MR) is 63.9 cm³/mol. The molecule has 0 aliphatic carbocycles. The molecule has 0 radical (unpaired) electrons. The number of pyridine rings is 1. The van der Waals surface area contributed by atoms with Gasteiger partial charge in [0.25, 0.3) is 0 Å². The van der Waals surface area contributed by atoms with E-state index >= 15 is 0 Å². The molecule has 1 N–H and O–H groups in total. The quantitative estimate of drug-likeness (QED) is 0.932. The van der Waals surface area contributed by atoms with Crippen molar-refractivity contribution in [1.29, 1.82) is 0 Å². The Morgan fingerprint density at radius 1 is 1.35 bits per heavy atom. The first-order valence-electron chi connectivity index (χ1n) is 5.72. The van der Waals surface area contributed by atoms with Gasteiger partial charge in [0.1, 0.15) is 6.42 Å². The average molecular weight is 284 g/mol. The Kier molecular flexibility index (Phi) is 4.02. The maximum atomic E-state index is 12.0. The minimum Gasteiger partial charge on any atom is -0.352 e. The van der Waals surface area contributed by atoms with Crippen LogP contribution in [0.5, 0.6) is 0 Å². The number of rotatable bonds is 4. The molecule has 0 spiro atoms. The third-order valence-corrected chi connectivity index (χ3v) is 2.40. The zero-order valence-corrected chi connectivity index (χ0v) is 10.3. The van der Waals surface area contributed by atoms with Crippen molar-refractivity contribution in [2.24, 2.45) is 0 Å². The topological polar surface area (TPSA) is 59.8 Å². The highest BCUT2D eigenvalue weighted by Gasteiger charge is 2.30. The van der Waals surface area contributed by atoms with Crippen LogP contribution in [-0.2, 0) is 11.3 Å². The smallest absolute Gasteiger partial charge is 0.352 e. The standard InChI is InChI=1S/C12H11F3N4O/c13-12(14,15)7-11(20)17-8-9-2-4-16-10(6-9)19-5-1-3-18-19/h1-6H,7-8H2,(H,17,20). The molecule has 0 unspecified atom stereocenters. The van der Waals surface area contributed by atoms with E-state index in [2.05, 4.69) is 15.4 Å². The lowest BCUT2D eigenvalue weighted by Crippen LogP contribution is -2.28. The van der Waals surface area contributed by atoms with Crippen LogP contribution in [0.1, 0.15) is 12.0 Å². The van der Waals surface area contributed by atoms with Crippen LogP contribution in [0.25, 0.3) is 5.82 Å². The molecule has 0 aliphatic rings. The van der Waals surface area contributed by atoms with Gasteiger partial charge < -0.3 is 5.32 Å². The summed E-state index contributed by atoms with van der Waals surface area (Å²) in [4.78, 5) is 15.2. The van der Waals surface area contributed by atoms with Crippen molar-refractivity contribution < 1.29 is 18.0 Å². The monoisotopic (exact) mass is 284 g/mol. The minimum atomic E-state index is -4.50. The molecular weight excluding hydrogens is 273 g/mol. The number of nitrogens with one attached hydrogen (secondary N) is 1. The second-order valence-electron chi connectivity index (χ2n) is 4.04. The van der Waals surface area contributed by atoms with Gasteiger partial charge in [-0.15, -0.1) is 0 Å². The van der Waals surface area contributed by atoms with Gasteiger partial charge in [0.05, 0.1) is 0 Å². The van der Waals surface area contributed by atoms with Gasteiger partial charge in [-0.1, -0.05) is 0 Å². The van der Waals surface area contributed by atoms with E-state index in [-0.39, 0.29) is 6.54 Å². The summed E-state index contributed by atoms with van der Waals surface area (Å²) < 4.78 is 37.5. The van der Waals surface area contributed by atoms with E-state index in [9.17, 15) is 18.0 Å². The molecule has 0 saturated heterocycles. The molecule has 0 bridgehead atoms. The molecule has 8 heteroatoms.